The van der Waals surface area contributed by atoms with E-state index in [0.29, 0.717) is 11.6 Å². The lowest BCUT2D eigenvalue weighted by Crippen LogP contribution is -2.36. The monoisotopic (exact) mass is 319 g/mol. The molecule has 22 heavy (non-hydrogen) atoms. The van der Waals surface area contributed by atoms with Crippen LogP contribution >= 0.6 is 11.6 Å². The van der Waals surface area contributed by atoms with E-state index < -0.39 is 0 Å². The zero-order valence-electron chi connectivity index (χ0n) is 13.2. The van der Waals surface area contributed by atoms with E-state index in [2.05, 4.69) is 11.8 Å². The minimum absolute atomic E-state index is 0.281. The third-order valence-corrected chi connectivity index (χ3v) is 5.04. The summed E-state index contributed by atoms with van der Waals surface area (Å²) in [7, 11) is 0. The van der Waals surface area contributed by atoms with Crippen molar-refractivity contribution >= 4 is 22.6 Å². The molecule has 2 aromatic rings. The lowest BCUT2D eigenvalue weighted by Gasteiger charge is -2.33. The highest BCUT2D eigenvalue weighted by Gasteiger charge is 2.20. The molecule has 0 unspecified atom stereocenters. The molecule has 2 heterocycles. The minimum Gasteiger partial charge on any atom is -0.423 e. The van der Waals surface area contributed by atoms with Gasteiger partial charge >= 0.3 is 5.63 Å². The molecule has 1 atom stereocenters. The first-order valence-corrected chi connectivity index (χ1v) is 8.45. The van der Waals surface area contributed by atoms with Crippen molar-refractivity contribution in [1.82, 2.24) is 4.90 Å². The molecular formula is C18H22ClNO2. The van der Waals surface area contributed by atoms with Crippen molar-refractivity contribution in [1.29, 1.82) is 0 Å². The molecule has 3 rings (SSSR count). The van der Waals surface area contributed by atoms with Gasteiger partial charge in [0, 0.05) is 29.1 Å². The van der Waals surface area contributed by atoms with Crippen molar-refractivity contribution in [3.63, 3.8) is 0 Å². The standard InChI is InChI=1S/C18H22ClNO2/c1-3-13-8-17-15(10-16(13)19)14(9-18(21)22-17)11-20-7-5-4-6-12(20)2/h8-10,12H,3-7,11H2,1-2H3/t12-/m1/s1. The Morgan fingerprint density at radius 3 is 2.82 bits per heavy atom. The van der Waals surface area contributed by atoms with Crippen LogP contribution in [0.5, 0.6) is 0 Å². The van der Waals surface area contributed by atoms with Crippen LogP contribution in [0.3, 0.4) is 0 Å². The van der Waals surface area contributed by atoms with E-state index >= 15 is 0 Å². The first-order valence-electron chi connectivity index (χ1n) is 8.07. The Kier molecular flexibility index (Phi) is 4.55. The van der Waals surface area contributed by atoms with Crippen LogP contribution in [0.2, 0.25) is 5.02 Å². The predicted octanol–water partition coefficient (Wildman–Crippen LogP) is 4.38. The molecule has 1 aromatic heterocycles. The molecule has 0 amide bonds. The van der Waals surface area contributed by atoms with Crippen LogP contribution in [-0.4, -0.2) is 17.5 Å². The number of nitrogens with zero attached hydrogens (tertiary/aromatic N) is 1. The van der Waals surface area contributed by atoms with E-state index in [-0.39, 0.29) is 5.63 Å². The molecule has 0 aliphatic carbocycles. The van der Waals surface area contributed by atoms with Gasteiger partial charge in [0.25, 0.3) is 0 Å². The van der Waals surface area contributed by atoms with Crippen molar-refractivity contribution in [3.8, 4) is 0 Å². The van der Waals surface area contributed by atoms with Gasteiger partial charge in [-0.3, -0.25) is 4.90 Å². The predicted molar refractivity (Wildman–Crippen MR) is 90.6 cm³/mol. The number of rotatable bonds is 3. The van der Waals surface area contributed by atoms with E-state index in [1.807, 2.05) is 19.1 Å². The van der Waals surface area contributed by atoms with Gasteiger partial charge in [-0.05, 0) is 56.0 Å². The highest BCUT2D eigenvalue weighted by Crippen LogP contribution is 2.28. The molecule has 1 aliphatic rings. The van der Waals surface area contributed by atoms with E-state index in [9.17, 15) is 4.79 Å². The molecule has 1 aliphatic heterocycles. The van der Waals surface area contributed by atoms with Gasteiger partial charge in [-0.2, -0.15) is 0 Å². The maximum Gasteiger partial charge on any atom is 0.336 e. The Labute approximate surface area is 135 Å². The Hall–Kier alpha value is -1.32. The molecule has 0 bridgehead atoms. The van der Waals surface area contributed by atoms with Crippen LogP contribution in [0.4, 0.5) is 0 Å². The summed E-state index contributed by atoms with van der Waals surface area (Å²) in [4.78, 5) is 14.3. The molecule has 3 nitrogen and oxygen atoms in total. The van der Waals surface area contributed by atoms with Crippen LogP contribution in [0.1, 0.15) is 44.2 Å². The van der Waals surface area contributed by atoms with Crippen LogP contribution in [-0.2, 0) is 13.0 Å². The van der Waals surface area contributed by atoms with Crippen molar-refractivity contribution < 1.29 is 4.42 Å². The van der Waals surface area contributed by atoms with E-state index in [4.69, 9.17) is 16.0 Å². The van der Waals surface area contributed by atoms with Gasteiger partial charge in [0.1, 0.15) is 5.58 Å². The second kappa shape index (κ2) is 6.43. The third-order valence-electron chi connectivity index (χ3n) is 4.69. The van der Waals surface area contributed by atoms with Crippen LogP contribution in [0.15, 0.2) is 27.4 Å². The van der Waals surface area contributed by atoms with Gasteiger partial charge in [0.2, 0.25) is 0 Å². The Bertz CT molecular complexity index is 738. The molecule has 0 radical (unpaired) electrons. The molecule has 0 N–H and O–H groups in total. The van der Waals surface area contributed by atoms with Crippen molar-refractivity contribution in [3.05, 3.63) is 44.8 Å². The van der Waals surface area contributed by atoms with Gasteiger partial charge in [-0.25, -0.2) is 4.79 Å². The average Bonchev–Trinajstić information content (AvgIpc) is 2.49. The zero-order chi connectivity index (χ0) is 15.7. The molecule has 1 saturated heterocycles. The number of halogens is 1. The number of aryl methyl sites for hydroxylation is 1. The summed E-state index contributed by atoms with van der Waals surface area (Å²) in [5.74, 6) is 0. The molecule has 1 fully saturated rings. The number of likely N-dealkylation sites (tertiary alicyclic amines) is 1. The van der Waals surface area contributed by atoms with Gasteiger partial charge < -0.3 is 4.42 Å². The fraction of sp³-hybridized carbons (Fsp3) is 0.500. The zero-order valence-corrected chi connectivity index (χ0v) is 13.9. The Morgan fingerprint density at radius 1 is 1.27 bits per heavy atom. The Balaban J connectivity index is 2.04. The topological polar surface area (TPSA) is 33.5 Å². The summed E-state index contributed by atoms with van der Waals surface area (Å²) in [5.41, 5.74) is 2.40. The summed E-state index contributed by atoms with van der Waals surface area (Å²) in [6.07, 6.45) is 4.57. The van der Waals surface area contributed by atoms with Crippen LogP contribution < -0.4 is 5.63 Å². The maximum absolute atomic E-state index is 11.9. The van der Waals surface area contributed by atoms with E-state index in [1.54, 1.807) is 6.07 Å². The largest absolute Gasteiger partial charge is 0.423 e. The second-order valence-electron chi connectivity index (χ2n) is 6.20. The summed E-state index contributed by atoms with van der Waals surface area (Å²) in [5, 5.41) is 1.70. The SMILES string of the molecule is CCc1cc2oc(=O)cc(CN3CCCC[C@H]3C)c2cc1Cl. The smallest absolute Gasteiger partial charge is 0.336 e. The maximum atomic E-state index is 11.9. The molecule has 1 aromatic carbocycles. The first-order chi connectivity index (χ1) is 10.6. The van der Waals surface area contributed by atoms with Gasteiger partial charge in [0.15, 0.2) is 0 Å². The molecular weight excluding hydrogens is 298 g/mol. The molecule has 118 valence electrons. The third kappa shape index (κ3) is 3.06. The highest BCUT2D eigenvalue weighted by molar-refractivity contribution is 6.32. The van der Waals surface area contributed by atoms with Crippen molar-refractivity contribution in [2.45, 2.75) is 52.1 Å². The van der Waals surface area contributed by atoms with Gasteiger partial charge in [0.05, 0.1) is 0 Å². The first kappa shape index (κ1) is 15.6. The Morgan fingerprint density at radius 2 is 2.09 bits per heavy atom. The second-order valence-corrected chi connectivity index (χ2v) is 6.61. The quantitative estimate of drug-likeness (QED) is 0.787. The van der Waals surface area contributed by atoms with Gasteiger partial charge in [-0.1, -0.05) is 24.9 Å². The summed E-state index contributed by atoms with van der Waals surface area (Å²) in [6, 6.07) is 6.03. The normalized spacial score (nSPS) is 19.7. The fourth-order valence-corrected chi connectivity index (χ4v) is 3.60. The number of hydrogen-bond acceptors (Lipinski definition) is 3. The fourth-order valence-electron chi connectivity index (χ4n) is 3.30. The highest BCUT2D eigenvalue weighted by atomic mass is 35.5. The summed E-state index contributed by atoms with van der Waals surface area (Å²) >= 11 is 6.35. The van der Waals surface area contributed by atoms with Crippen LogP contribution in [0, 0.1) is 0 Å². The number of piperidine rings is 1. The lowest BCUT2D eigenvalue weighted by atomic mass is 10.0. The van der Waals surface area contributed by atoms with E-state index in [0.717, 1.165) is 41.0 Å². The van der Waals surface area contributed by atoms with Gasteiger partial charge in [-0.15, -0.1) is 0 Å². The molecule has 0 spiro atoms. The average molecular weight is 320 g/mol. The van der Waals surface area contributed by atoms with Crippen molar-refractivity contribution in [2.24, 2.45) is 0 Å². The van der Waals surface area contributed by atoms with E-state index in [1.165, 1.54) is 19.3 Å². The molecule has 0 saturated carbocycles. The summed E-state index contributed by atoms with van der Waals surface area (Å²) < 4.78 is 5.38. The number of benzene rings is 1. The number of fused-ring (bicyclic) bond motifs is 1. The van der Waals surface area contributed by atoms with Crippen LogP contribution in [0.25, 0.3) is 11.0 Å². The summed E-state index contributed by atoms with van der Waals surface area (Å²) in [6.45, 7) is 6.17. The minimum atomic E-state index is -0.281. The number of hydrogen-bond donors (Lipinski definition) is 0. The lowest BCUT2D eigenvalue weighted by molar-refractivity contribution is 0.153. The molecule has 4 heteroatoms. The van der Waals surface area contributed by atoms with Crippen molar-refractivity contribution in [2.75, 3.05) is 6.54 Å².